The van der Waals surface area contributed by atoms with E-state index in [2.05, 4.69) is 15.6 Å². The molecule has 3 aromatic heterocycles. The first kappa shape index (κ1) is 18.3. The van der Waals surface area contributed by atoms with Crippen LogP contribution in [0.1, 0.15) is 22.3 Å². The maximum Gasteiger partial charge on any atom is 0.263 e. The van der Waals surface area contributed by atoms with E-state index in [1.54, 1.807) is 12.1 Å². The Morgan fingerprint density at radius 1 is 1.24 bits per heavy atom. The van der Waals surface area contributed by atoms with Gasteiger partial charge in [-0.3, -0.25) is 4.79 Å². The molecule has 1 amide bonds. The van der Waals surface area contributed by atoms with E-state index < -0.39 is 0 Å². The highest BCUT2D eigenvalue weighted by Crippen LogP contribution is 2.41. The largest absolute Gasteiger partial charge is 0.390 e. The number of aliphatic hydroxyl groups excluding tert-OH is 1. The lowest BCUT2D eigenvalue weighted by molar-refractivity contribution is 0.0949. The number of fused-ring (bicyclic) bond motifs is 5. The number of thiophene rings is 1. The van der Waals surface area contributed by atoms with Gasteiger partial charge in [0.15, 0.2) is 0 Å². The van der Waals surface area contributed by atoms with Crippen LogP contribution >= 0.6 is 22.9 Å². The fourth-order valence-electron chi connectivity index (χ4n) is 3.67. The first-order valence-electron chi connectivity index (χ1n) is 9.22. The molecule has 1 aliphatic rings. The summed E-state index contributed by atoms with van der Waals surface area (Å²) >= 11 is 7.58. The van der Waals surface area contributed by atoms with Crippen LogP contribution in [0.2, 0.25) is 5.15 Å². The molecule has 0 spiro atoms. The number of halogens is 1. The number of hydrogen-bond donors (Lipinski definition) is 3. The molecular weight excluding hydrogens is 408 g/mol. The van der Waals surface area contributed by atoms with E-state index in [0.29, 0.717) is 22.3 Å². The summed E-state index contributed by atoms with van der Waals surface area (Å²) in [4.78, 5) is 22.2. The molecule has 0 unspecified atom stereocenters. The van der Waals surface area contributed by atoms with Crippen LogP contribution in [0, 0.1) is 0 Å². The van der Waals surface area contributed by atoms with Crippen LogP contribution in [-0.4, -0.2) is 33.6 Å². The number of benzene rings is 1. The van der Waals surface area contributed by atoms with Gasteiger partial charge < -0.3 is 15.7 Å². The van der Waals surface area contributed by atoms with Crippen molar-refractivity contribution in [3.63, 3.8) is 0 Å². The number of nitrogens with one attached hydrogen (secondary N) is 2. The molecule has 0 radical (unpaired) electrons. The van der Waals surface area contributed by atoms with Crippen LogP contribution in [0.4, 0.5) is 5.69 Å². The molecule has 0 saturated carbocycles. The number of carbonyl (C=O) groups is 1. The monoisotopic (exact) mass is 424 g/mol. The van der Waals surface area contributed by atoms with Crippen molar-refractivity contribution < 1.29 is 9.90 Å². The maximum atomic E-state index is 12.6. The van der Waals surface area contributed by atoms with Crippen molar-refractivity contribution in [3.8, 4) is 11.3 Å². The average molecular weight is 425 g/mol. The molecule has 8 heteroatoms. The SMILES string of the molecule is C[C@@H]1CNc2c(sc3ccc4nc(-c5cc(Cl)nc(CO)c5)ccc4c23)C(=O)N1. The Hall–Kier alpha value is -2.74. The van der Waals surface area contributed by atoms with Gasteiger partial charge in [0.05, 0.1) is 29.2 Å². The van der Waals surface area contributed by atoms with Gasteiger partial charge in [0.1, 0.15) is 10.0 Å². The summed E-state index contributed by atoms with van der Waals surface area (Å²) in [6.07, 6.45) is 0. The van der Waals surface area contributed by atoms with Gasteiger partial charge in [0.2, 0.25) is 0 Å². The highest BCUT2D eigenvalue weighted by atomic mass is 35.5. The van der Waals surface area contributed by atoms with Gasteiger partial charge in [-0.15, -0.1) is 11.3 Å². The first-order chi connectivity index (χ1) is 14.0. The lowest BCUT2D eigenvalue weighted by Gasteiger charge is -2.10. The minimum atomic E-state index is -0.186. The van der Waals surface area contributed by atoms with Gasteiger partial charge in [0.25, 0.3) is 5.91 Å². The van der Waals surface area contributed by atoms with E-state index in [9.17, 15) is 9.90 Å². The van der Waals surface area contributed by atoms with Crippen molar-refractivity contribution in [1.29, 1.82) is 0 Å². The van der Waals surface area contributed by atoms with Crippen LogP contribution in [-0.2, 0) is 6.61 Å². The smallest absolute Gasteiger partial charge is 0.263 e. The third kappa shape index (κ3) is 3.11. The van der Waals surface area contributed by atoms with Crippen molar-refractivity contribution in [2.75, 3.05) is 11.9 Å². The summed E-state index contributed by atoms with van der Waals surface area (Å²) < 4.78 is 1.05. The normalized spacial score (nSPS) is 16.4. The zero-order chi connectivity index (χ0) is 20.1. The Balaban J connectivity index is 1.70. The fourth-order valence-corrected chi connectivity index (χ4v) is 4.99. The van der Waals surface area contributed by atoms with Crippen molar-refractivity contribution in [3.05, 3.63) is 52.1 Å². The predicted molar refractivity (Wildman–Crippen MR) is 117 cm³/mol. The fraction of sp³-hybridized carbons (Fsp3) is 0.190. The van der Waals surface area contributed by atoms with Crippen LogP contribution < -0.4 is 10.6 Å². The molecular formula is C21H17ClN4O2S. The number of pyridine rings is 2. The number of aromatic nitrogens is 2. The van der Waals surface area contributed by atoms with Gasteiger partial charge in [0, 0.05) is 33.6 Å². The number of hydrogen-bond acceptors (Lipinski definition) is 6. The summed E-state index contributed by atoms with van der Waals surface area (Å²) in [5.41, 5.74) is 3.75. The summed E-state index contributed by atoms with van der Waals surface area (Å²) in [6.45, 7) is 2.47. The molecule has 5 rings (SSSR count). The van der Waals surface area contributed by atoms with E-state index in [0.717, 1.165) is 37.9 Å². The third-order valence-electron chi connectivity index (χ3n) is 5.00. The van der Waals surface area contributed by atoms with Crippen molar-refractivity contribution >= 4 is 55.5 Å². The van der Waals surface area contributed by atoms with Crippen molar-refractivity contribution in [2.24, 2.45) is 0 Å². The van der Waals surface area contributed by atoms with Gasteiger partial charge >= 0.3 is 0 Å². The highest BCUT2D eigenvalue weighted by Gasteiger charge is 2.24. The molecule has 6 nitrogen and oxygen atoms in total. The number of rotatable bonds is 2. The lowest BCUT2D eigenvalue weighted by Crippen LogP contribution is -2.34. The minimum Gasteiger partial charge on any atom is -0.390 e. The number of carbonyl (C=O) groups excluding carboxylic acids is 1. The van der Waals surface area contributed by atoms with E-state index in [4.69, 9.17) is 16.6 Å². The Morgan fingerprint density at radius 3 is 2.93 bits per heavy atom. The second-order valence-corrected chi connectivity index (χ2v) is 8.53. The molecule has 0 fully saturated rings. The first-order valence-corrected chi connectivity index (χ1v) is 10.4. The Kier molecular flexibility index (Phi) is 4.38. The zero-order valence-electron chi connectivity index (χ0n) is 15.5. The molecule has 3 N–H and O–H groups in total. The van der Waals surface area contributed by atoms with E-state index in [1.165, 1.54) is 11.3 Å². The number of amides is 1. The topological polar surface area (TPSA) is 87.1 Å². The summed E-state index contributed by atoms with van der Waals surface area (Å²) in [6, 6.07) is 11.5. The quantitative estimate of drug-likeness (QED) is 0.420. The average Bonchev–Trinajstić information content (AvgIpc) is 3.04. The van der Waals surface area contributed by atoms with Gasteiger partial charge in [-0.25, -0.2) is 9.97 Å². The molecule has 0 bridgehead atoms. The molecule has 0 aliphatic carbocycles. The Morgan fingerprint density at radius 2 is 2.10 bits per heavy atom. The third-order valence-corrected chi connectivity index (χ3v) is 6.34. The number of aliphatic hydroxyl groups is 1. The number of anilines is 1. The number of nitrogens with zero attached hydrogens (tertiary/aromatic N) is 2. The molecule has 4 heterocycles. The van der Waals surface area contributed by atoms with Crippen LogP contribution in [0.25, 0.3) is 32.2 Å². The Bertz CT molecular complexity index is 1290. The van der Waals surface area contributed by atoms with Gasteiger partial charge in [-0.1, -0.05) is 11.6 Å². The summed E-state index contributed by atoms with van der Waals surface area (Å²) in [7, 11) is 0. The second-order valence-electron chi connectivity index (χ2n) is 7.09. The molecule has 4 aromatic rings. The molecule has 1 atom stereocenters. The Labute approximate surface area is 175 Å². The van der Waals surface area contributed by atoms with E-state index >= 15 is 0 Å². The van der Waals surface area contributed by atoms with E-state index in [-0.39, 0.29) is 18.6 Å². The molecule has 1 aromatic carbocycles. The summed E-state index contributed by atoms with van der Waals surface area (Å²) in [5.74, 6) is -0.0422. The second kappa shape index (κ2) is 6.95. The van der Waals surface area contributed by atoms with E-state index in [1.807, 2.05) is 31.2 Å². The summed E-state index contributed by atoms with van der Waals surface area (Å²) in [5, 5.41) is 18.2. The van der Waals surface area contributed by atoms with Crippen LogP contribution in [0.15, 0.2) is 36.4 Å². The van der Waals surface area contributed by atoms with Gasteiger partial charge in [-0.05, 0) is 43.3 Å². The molecule has 1 aliphatic heterocycles. The van der Waals surface area contributed by atoms with Crippen molar-refractivity contribution in [2.45, 2.75) is 19.6 Å². The standard InChI is InChI=1S/C21H17ClN4O2S/c1-10-8-23-19-18-13-2-3-14(11-6-12(9-27)25-17(22)7-11)26-15(13)4-5-16(18)29-20(19)21(28)24-10/h2-7,10,23,27H,8-9H2,1H3,(H,24,28)/t10-/m1/s1. The molecule has 29 heavy (non-hydrogen) atoms. The minimum absolute atomic E-state index is 0.0422. The zero-order valence-corrected chi connectivity index (χ0v) is 17.1. The maximum absolute atomic E-state index is 12.6. The highest BCUT2D eigenvalue weighted by molar-refractivity contribution is 7.21. The van der Waals surface area contributed by atoms with Crippen LogP contribution in [0.3, 0.4) is 0 Å². The van der Waals surface area contributed by atoms with Crippen molar-refractivity contribution in [1.82, 2.24) is 15.3 Å². The molecule has 146 valence electrons. The lowest BCUT2D eigenvalue weighted by atomic mass is 10.1. The van der Waals surface area contributed by atoms with Crippen LogP contribution in [0.5, 0.6) is 0 Å². The predicted octanol–water partition coefficient (Wildman–Crippen LogP) is 4.20. The molecule has 0 saturated heterocycles. The van der Waals surface area contributed by atoms with Gasteiger partial charge in [-0.2, -0.15) is 0 Å².